The number of hydrogen-bond donors (Lipinski definition) is 0. The van der Waals surface area contributed by atoms with Gasteiger partial charge in [0.1, 0.15) is 4.83 Å². The minimum Gasteiger partial charge on any atom is -0.169 e. The van der Waals surface area contributed by atoms with Crippen LogP contribution in [0.25, 0.3) is 0 Å². The number of rotatable bonds is 1. The van der Waals surface area contributed by atoms with Gasteiger partial charge in [-0.15, -0.1) is 11.3 Å². The average Bonchev–Trinajstić information content (AvgIpc) is 2.47. The van der Waals surface area contributed by atoms with Crippen LogP contribution in [0, 0.1) is 0 Å². The Balaban J connectivity index is 2.95. The third-order valence-corrected chi connectivity index (χ3v) is 4.79. The van der Waals surface area contributed by atoms with E-state index in [0.29, 0.717) is 4.88 Å². The molecule has 1 aromatic heterocycles. The van der Waals surface area contributed by atoms with Crippen LogP contribution in [0.4, 0.5) is 13.2 Å². The highest BCUT2D eigenvalue weighted by Gasteiger charge is 2.40. The number of halogens is 4. The average molecular weight is 301 g/mol. The molecule has 0 aliphatic carbocycles. The Morgan fingerprint density at radius 3 is 2.07 bits per heavy atom. The van der Waals surface area contributed by atoms with Gasteiger partial charge in [-0.25, -0.2) is 0 Å². The van der Waals surface area contributed by atoms with Crippen molar-refractivity contribution in [2.24, 2.45) is 0 Å². The third-order valence-electron chi connectivity index (χ3n) is 1.90. The van der Waals surface area contributed by atoms with E-state index in [1.807, 2.05) is 20.8 Å². The van der Waals surface area contributed by atoms with Crippen molar-refractivity contribution in [2.45, 2.75) is 37.2 Å². The maximum Gasteiger partial charge on any atom is 0.405 e. The van der Waals surface area contributed by atoms with Gasteiger partial charge in [0.05, 0.1) is 0 Å². The molecule has 5 heteroatoms. The molecule has 0 radical (unpaired) electrons. The van der Waals surface area contributed by atoms with E-state index in [4.69, 9.17) is 0 Å². The highest BCUT2D eigenvalue weighted by Crippen LogP contribution is 2.43. The molecule has 1 unspecified atom stereocenters. The van der Waals surface area contributed by atoms with Gasteiger partial charge >= 0.3 is 6.18 Å². The Labute approximate surface area is 99.6 Å². The normalized spacial score (nSPS) is 15.4. The Kier molecular flexibility index (Phi) is 3.55. The molecule has 1 rings (SSSR count). The van der Waals surface area contributed by atoms with Crippen LogP contribution >= 0.6 is 27.3 Å². The number of alkyl halides is 4. The van der Waals surface area contributed by atoms with Gasteiger partial charge in [0.15, 0.2) is 0 Å². The predicted octanol–water partition coefficient (Wildman–Crippen LogP) is 5.04. The van der Waals surface area contributed by atoms with Crippen LogP contribution < -0.4 is 0 Å². The maximum atomic E-state index is 12.4. The van der Waals surface area contributed by atoms with Gasteiger partial charge in [-0.3, -0.25) is 0 Å². The van der Waals surface area contributed by atoms with Gasteiger partial charge in [-0.05, 0) is 17.5 Å². The van der Waals surface area contributed by atoms with Crippen LogP contribution in [0.5, 0.6) is 0 Å². The van der Waals surface area contributed by atoms with Crippen LogP contribution in [-0.2, 0) is 5.41 Å². The minimum absolute atomic E-state index is 0.0960. The minimum atomic E-state index is -4.22. The fraction of sp³-hybridized carbons (Fsp3) is 0.600. The number of hydrogen-bond acceptors (Lipinski definition) is 1. The highest BCUT2D eigenvalue weighted by atomic mass is 79.9. The van der Waals surface area contributed by atoms with Crippen molar-refractivity contribution in [3.63, 3.8) is 0 Å². The predicted molar refractivity (Wildman–Crippen MR) is 60.7 cm³/mol. The summed E-state index contributed by atoms with van der Waals surface area (Å²) in [4.78, 5) is -0.273. The van der Waals surface area contributed by atoms with Crippen molar-refractivity contribution in [1.82, 2.24) is 0 Å². The topological polar surface area (TPSA) is 0 Å². The van der Waals surface area contributed by atoms with Crippen molar-refractivity contribution < 1.29 is 13.2 Å². The summed E-state index contributed by atoms with van der Waals surface area (Å²) >= 11 is 3.88. The van der Waals surface area contributed by atoms with Crippen molar-refractivity contribution in [3.05, 3.63) is 21.9 Å². The first-order valence-electron chi connectivity index (χ1n) is 4.43. The molecule has 0 aliphatic rings. The van der Waals surface area contributed by atoms with Gasteiger partial charge in [0.25, 0.3) is 0 Å². The lowest BCUT2D eigenvalue weighted by Crippen LogP contribution is -2.14. The molecule has 86 valence electrons. The zero-order valence-corrected chi connectivity index (χ0v) is 11.1. The van der Waals surface area contributed by atoms with E-state index in [-0.39, 0.29) is 5.41 Å². The molecule has 0 bridgehead atoms. The third kappa shape index (κ3) is 3.21. The summed E-state index contributed by atoms with van der Waals surface area (Å²) < 4.78 is 37.2. The Hall–Kier alpha value is -0.0300. The fourth-order valence-corrected chi connectivity index (χ4v) is 2.56. The molecule has 0 aliphatic heterocycles. The standard InChI is InChI=1S/C10H12BrF3S/c1-9(2,3)7-5-4-6(15-7)8(11)10(12,13)14/h4-5,8H,1-3H3. The van der Waals surface area contributed by atoms with Crippen molar-refractivity contribution >= 4 is 27.3 Å². The summed E-state index contributed by atoms with van der Waals surface area (Å²) in [6.07, 6.45) is -4.22. The monoisotopic (exact) mass is 300 g/mol. The van der Waals surface area contributed by atoms with Gasteiger partial charge < -0.3 is 0 Å². The second-order valence-electron chi connectivity index (χ2n) is 4.36. The summed E-state index contributed by atoms with van der Waals surface area (Å²) in [5.74, 6) is 0. The second-order valence-corrected chi connectivity index (χ2v) is 6.39. The van der Waals surface area contributed by atoms with E-state index in [2.05, 4.69) is 15.9 Å². The smallest absolute Gasteiger partial charge is 0.169 e. The van der Waals surface area contributed by atoms with Crippen LogP contribution in [0.3, 0.4) is 0 Å². The molecule has 0 fully saturated rings. The lowest BCUT2D eigenvalue weighted by molar-refractivity contribution is -0.127. The second kappa shape index (κ2) is 4.09. The van der Waals surface area contributed by atoms with Gasteiger partial charge in [-0.2, -0.15) is 13.2 Å². The summed E-state index contributed by atoms with van der Waals surface area (Å²) in [5, 5.41) is 0. The van der Waals surface area contributed by atoms with E-state index in [1.165, 1.54) is 17.4 Å². The van der Waals surface area contributed by atoms with Crippen LogP contribution in [0.15, 0.2) is 12.1 Å². The molecule has 0 saturated heterocycles. The Morgan fingerprint density at radius 2 is 1.73 bits per heavy atom. The van der Waals surface area contributed by atoms with Crippen molar-refractivity contribution in [1.29, 1.82) is 0 Å². The SMILES string of the molecule is CC(C)(C)c1ccc(C(Br)C(F)(F)F)s1. The van der Waals surface area contributed by atoms with Gasteiger partial charge in [0.2, 0.25) is 0 Å². The van der Waals surface area contributed by atoms with Gasteiger partial charge in [0, 0.05) is 9.75 Å². The Morgan fingerprint density at radius 1 is 1.20 bits per heavy atom. The molecule has 0 N–H and O–H groups in total. The van der Waals surface area contributed by atoms with E-state index < -0.39 is 11.0 Å². The highest BCUT2D eigenvalue weighted by molar-refractivity contribution is 9.09. The van der Waals surface area contributed by atoms with Crippen LogP contribution in [-0.4, -0.2) is 6.18 Å². The summed E-state index contributed by atoms with van der Waals surface area (Å²) in [6.45, 7) is 5.96. The lowest BCUT2D eigenvalue weighted by atomic mass is 9.95. The first-order valence-corrected chi connectivity index (χ1v) is 6.16. The number of thiophene rings is 1. The first kappa shape index (κ1) is 13.0. The van der Waals surface area contributed by atoms with Crippen LogP contribution in [0.2, 0.25) is 0 Å². The van der Waals surface area contributed by atoms with Crippen molar-refractivity contribution in [2.75, 3.05) is 0 Å². The molecular weight excluding hydrogens is 289 g/mol. The molecule has 1 aromatic rings. The largest absolute Gasteiger partial charge is 0.405 e. The molecule has 0 aromatic carbocycles. The molecule has 0 amide bonds. The zero-order chi connectivity index (χ0) is 11.9. The molecular formula is C10H12BrF3S. The summed E-state index contributed by atoms with van der Waals surface area (Å²) in [6, 6.07) is 3.30. The summed E-state index contributed by atoms with van der Waals surface area (Å²) in [7, 11) is 0. The summed E-state index contributed by atoms with van der Waals surface area (Å²) in [5.41, 5.74) is -0.0960. The zero-order valence-electron chi connectivity index (χ0n) is 8.65. The molecule has 0 spiro atoms. The molecule has 0 nitrogen and oxygen atoms in total. The quantitative estimate of drug-likeness (QED) is 0.637. The van der Waals surface area contributed by atoms with Crippen LogP contribution in [0.1, 0.15) is 35.4 Å². The van der Waals surface area contributed by atoms with E-state index in [1.54, 1.807) is 6.07 Å². The van der Waals surface area contributed by atoms with E-state index in [9.17, 15) is 13.2 Å². The maximum absolute atomic E-state index is 12.4. The molecule has 0 saturated carbocycles. The Bertz CT molecular complexity index is 335. The molecule has 15 heavy (non-hydrogen) atoms. The van der Waals surface area contributed by atoms with Gasteiger partial charge in [-0.1, -0.05) is 36.7 Å². The van der Waals surface area contributed by atoms with Crippen molar-refractivity contribution in [3.8, 4) is 0 Å². The first-order chi connectivity index (χ1) is 6.62. The fourth-order valence-electron chi connectivity index (χ4n) is 1.05. The lowest BCUT2D eigenvalue weighted by Gasteiger charge is -2.16. The molecule has 1 heterocycles. The molecule has 1 atom stereocenters. The van der Waals surface area contributed by atoms with E-state index in [0.717, 1.165) is 4.88 Å². The van der Waals surface area contributed by atoms with E-state index >= 15 is 0 Å².